The molecule has 5 nitrogen and oxygen atoms in total. The standard InChI is InChI=1S/C16H25N3O2/c1-16(2,3)14-6-11(17-18-14)7-19-8-12(10-4-5-10)13(9-19)15(20)21/h6,10,12-13H,4-5,7-9H2,1-3H3,(H,17,18)(H,20,21)/t12-,13+/m0/s1. The molecule has 21 heavy (non-hydrogen) atoms. The quantitative estimate of drug-likeness (QED) is 0.892. The summed E-state index contributed by atoms with van der Waals surface area (Å²) in [4.78, 5) is 13.7. The SMILES string of the molecule is CC(C)(C)c1cc(CN2C[C@@H](C(=O)O)[C@H](C3CC3)C2)[nH]n1. The molecule has 1 aromatic heterocycles. The largest absolute Gasteiger partial charge is 0.481 e. The number of rotatable bonds is 4. The van der Waals surface area contributed by atoms with Crippen molar-refractivity contribution in [3.63, 3.8) is 0 Å². The Balaban J connectivity index is 1.65. The summed E-state index contributed by atoms with van der Waals surface area (Å²) < 4.78 is 0. The normalized spacial score (nSPS) is 27.2. The van der Waals surface area contributed by atoms with Gasteiger partial charge in [0.15, 0.2) is 0 Å². The van der Waals surface area contributed by atoms with Gasteiger partial charge in [0.1, 0.15) is 0 Å². The molecule has 2 atom stereocenters. The van der Waals surface area contributed by atoms with Crippen LogP contribution in [0.3, 0.4) is 0 Å². The van der Waals surface area contributed by atoms with Crippen molar-refractivity contribution in [3.8, 4) is 0 Å². The number of carboxylic acids is 1. The van der Waals surface area contributed by atoms with Gasteiger partial charge in [0, 0.05) is 30.7 Å². The molecule has 3 rings (SSSR count). The summed E-state index contributed by atoms with van der Waals surface area (Å²) in [5, 5.41) is 16.9. The van der Waals surface area contributed by atoms with Gasteiger partial charge in [-0.05, 0) is 30.7 Å². The van der Waals surface area contributed by atoms with Crippen molar-refractivity contribution in [1.82, 2.24) is 15.1 Å². The highest BCUT2D eigenvalue weighted by molar-refractivity contribution is 5.71. The number of hydrogen-bond acceptors (Lipinski definition) is 3. The van der Waals surface area contributed by atoms with Gasteiger partial charge in [-0.25, -0.2) is 0 Å². The lowest BCUT2D eigenvalue weighted by Crippen LogP contribution is -2.24. The van der Waals surface area contributed by atoms with Crippen molar-refractivity contribution in [2.24, 2.45) is 17.8 Å². The summed E-state index contributed by atoms with van der Waals surface area (Å²) in [5.74, 6) is 0.160. The minimum Gasteiger partial charge on any atom is -0.481 e. The molecule has 2 aliphatic rings. The van der Waals surface area contributed by atoms with Crippen molar-refractivity contribution in [1.29, 1.82) is 0 Å². The second kappa shape index (κ2) is 5.13. The van der Waals surface area contributed by atoms with Gasteiger partial charge in [-0.2, -0.15) is 5.10 Å². The smallest absolute Gasteiger partial charge is 0.308 e. The van der Waals surface area contributed by atoms with Crippen LogP contribution in [0.1, 0.15) is 45.0 Å². The van der Waals surface area contributed by atoms with Gasteiger partial charge in [-0.15, -0.1) is 0 Å². The summed E-state index contributed by atoms with van der Waals surface area (Å²) in [7, 11) is 0. The molecule has 1 aromatic rings. The molecule has 1 aliphatic heterocycles. The van der Waals surface area contributed by atoms with Crippen molar-refractivity contribution in [2.45, 2.75) is 45.6 Å². The molecular weight excluding hydrogens is 266 g/mol. The Kier molecular flexibility index (Phi) is 3.56. The predicted octanol–water partition coefficient (Wildman–Crippen LogP) is 2.25. The monoisotopic (exact) mass is 291 g/mol. The zero-order chi connectivity index (χ0) is 15.2. The van der Waals surface area contributed by atoms with E-state index in [2.05, 4.69) is 41.9 Å². The van der Waals surface area contributed by atoms with E-state index in [0.717, 1.165) is 24.5 Å². The number of nitrogens with zero attached hydrogens (tertiary/aromatic N) is 2. The number of H-pyrrole nitrogens is 1. The van der Waals surface area contributed by atoms with Crippen LogP contribution < -0.4 is 0 Å². The maximum Gasteiger partial charge on any atom is 0.308 e. The third-order valence-corrected chi connectivity index (χ3v) is 4.78. The lowest BCUT2D eigenvalue weighted by molar-refractivity contribution is -0.142. The van der Waals surface area contributed by atoms with Gasteiger partial charge in [0.05, 0.1) is 11.6 Å². The molecule has 0 bridgehead atoms. The molecular formula is C16H25N3O2. The number of hydrogen-bond donors (Lipinski definition) is 2. The fourth-order valence-electron chi connectivity index (χ4n) is 3.37. The van der Waals surface area contributed by atoms with Crippen molar-refractivity contribution in [3.05, 3.63) is 17.5 Å². The lowest BCUT2D eigenvalue weighted by Gasteiger charge is -2.15. The third kappa shape index (κ3) is 3.12. The second-order valence-electron chi connectivity index (χ2n) is 7.67. The van der Waals surface area contributed by atoms with Crippen molar-refractivity contribution >= 4 is 5.97 Å². The molecule has 116 valence electrons. The average Bonchev–Trinajstić information content (AvgIpc) is 2.96. The van der Waals surface area contributed by atoms with E-state index in [-0.39, 0.29) is 11.3 Å². The van der Waals surface area contributed by atoms with Gasteiger partial charge < -0.3 is 5.11 Å². The topological polar surface area (TPSA) is 69.2 Å². The van der Waals surface area contributed by atoms with Crippen LogP contribution in [0.4, 0.5) is 0 Å². The molecule has 0 amide bonds. The van der Waals surface area contributed by atoms with Crippen LogP contribution >= 0.6 is 0 Å². The number of aromatic amines is 1. The molecule has 2 fully saturated rings. The number of likely N-dealkylation sites (tertiary alicyclic amines) is 1. The molecule has 0 unspecified atom stereocenters. The molecule has 1 aliphatic carbocycles. The third-order valence-electron chi connectivity index (χ3n) is 4.78. The fraction of sp³-hybridized carbons (Fsp3) is 0.750. The van der Waals surface area contributed by atoms with Crippen molar-refractivity contribution < 1.29 is 9.90 Å². The van der Waals surface area contributed by atoms with Gasteiger partial charge in [-0.3, -0.25) is 14.8 Å². The molecule has 0 aromatic carbocycles. The number of carboxylic acid groups (broad SMARTS) is 1. The maximum atomic E-state index is 11.4. The average molecular weight is 291 g/mol. The van der Waals surface area contributed by atoms with E-state index in [1.807, 2.05) is 0 Å². The van der Waals surface area contributed by atoms with E-state index in [1.165, 1.54) is 12.8 Å². The number of aliphatic carboxylic acids is 1. The molecule has 0 radical (unpaired) electrons. The first kappa shape index (κ1) is 14.6. The Bertz CT molecular complexity index is 528. The van der Waals surface area contributed by atoms with Gasteiger partial charge >= 0.3 is 5.97 Å². The Morgan fingerprint density at radius 1 is 1.43 bits per heavy atom. The summed E-state index contributed by atoms with van der Waals surface area (Å²) in [6, 6.07) is 2.11. The van der Waals surface area contributed by atoms with Gasteiger partial charge in [0.2, 0.25) is 0 Å². The van der Waals surface area contributed by atoms with Crippen molar-refractivity contribution in [2.75, 3.05) is 13.1 Å². The Labute approximate surface area is 125 Å². The second-order valence-corrected chi connectivity index (χ2v) is 7.67. The summed E-state index contributed by atoms with van der Waals surface area (Å²) in [5.41, 5.74) is 2.19. The van der Waals surface area contributed by atoms with E-state index in [4.69, 9.17) is 0 Å². The first-order valence-corrected chi connectivity index (χ1v) is 7.84. The zero-order valence-corrected chi connectivity index (χ0v) is 13.1. The van der Waals surface area contributed by atoms with Crippen LogP contribution in [0, 0.1) is 17.8 Å². The molecule has 2 heterocycles. The number of nitrogens with one attached hydrogen (secondary N) is 1. The molecule has 2 N–H and O–H groups in total. The van der Waals surface area contributed by atoms with Crippen LogP contribution in [-0.4, -0.2) is 39.3 Å². The van der Waals surface area contributed by atoms with Gasteiger partial charge in [-0.1, -0.05) is 20.8 Å². The van der Waals surface area contributed by atoms with Crippen LogP contribution in [0.15, 0.2) is 6.07 Å². The molecule has 1 saturated carbocycles. The molecule has 1 saturated heterocycles. The minimum atomic E-state index is -0.630. The summed E-state index contributed by atoms with van der Waals surface area (Å²) in [6.07, 6.45) is 2.42. The van der Waals surface area contributed by atoms with E-state index in [1.54, 1.807) is 0 Å². The maximum absolute atomic E-state index is 11.4. The van der Waals surface area contributed by atoms with Crippen LogP contribution in [0.5, 0.6) is 0 Å². The highest BCUT2D eigenvalue weighted by Gasteiger charge is 2.45. The predicted molar refractivity (Wildman–Crippen MR) is 79.9 cm³/mol. The molecule has 0 spiro atoms. The first-order chi connectivity index (χ1) is 9.84. The van der Waals surface area contributed by atoms with E-state index in [9.17, 15) is 9.90 Å². The first-order valence-electron chi connectivity index (χ1n) is 7.84. The van der Waals surface area contributed by atoms with E-state index < -0.39 is 5.97 Å². The lowest BCUT2D eigenvalue weighted by atomic mass is 9.92. The highest BCUT2D eigenvalue weighted by Crippen LogP contribution is 2.44. The summed E-state index contributed by atoms with van der Waals surface area (Å²) >= 11 is 0. The summed E-state index contributed by atoms with van der Waals surface area (Å²) in [6.45, 7) is 8.78. The molecule has 5 heteroatoms. The van der Waals surface area contributed by atoms with Crippen LogP contribution in [-0.2, 0) is 16.8 Å². The number of carbonyl (C=O) groups is 1. The van der Waals surface area contributed by atoms with E-state index in [0.29, 0.717) is 18.4 Å². The number of aromatic nitrogens is 2. The Morgan fingerprint density at radius 3 is 2.67 bits per heavy atom. The van der Waals surface area contributed by atoms with E-state index >= 15 is 0 Å². The Hall–Kier alpha value is -1.36. The highest BCUT2D eigenvalue weighted by atomic mass is 16.4. The fourth-order valence-corrected chi connectivity index (χ4v) is 3.37. The van der Waals surface area contributed by atoms with Crippen LogP contribution in [0.25, 0.3) is 0 Å². The Morgan fingerprint density at radius 2 is 2.14 bits per heavy atom. The zero-order valence-electron chi connectivity index (χ0n) is 13.1. The van der Waals surface area contributed by atoms with Crippen LogP contribution in [0.2, 0.25) is 0 Å². The van der Waals surface area contributed by atoms with Gasteiger partial charge in [0.25, 0.3) is 0 Å². The minimum absolute atomic E-state index is 0.0416.